The lowest BCUT2D eigenvalue weighted by Gasteiger charge is -2.07. The minimum absolute atomic E-state index is 0.155. The molecule has 1 fully saturated rings. The second kappa shape index (κ2) is 5.53. The Morgan fingerprint density at radius 1 is 1.27 bits per heavy atom. The Labute approximate surface area is 125 Å². The van der Waals surface area contributed by atoms with Crippen molar-refractivity contribution in [3.63, 3.8) is 0 Å². The van der Waals surface area contributed by atoms with Crippen LogP contribution in [0, 0.1) is 0 Å². The Hall–Kier alpha value is -2.22. The van der Waals surface area contributed by atoms with Crippen molar-refractivity contribution in [1.29, 1.82) is 0 Å². The van der Waals surface area contributed by atoms with Crippen LogP contribution >= 0.6 is 0 Å². The van der Waals surface area contributed by atoms with E-state index in [9.17, 15) is 8.78 Å². The van der Waals surface area contributed by atoms with E-state index < -0.39 is 12.0 Å². The molecule has 22 heavy (non-hydrogen) atoms. The molecular weight excluding hydrogens is 296 g/mol. The quantitative estimate of drug-likeness (QED) is 0.935. The van der Waals surface area contributed by atoms with Crippen LogP contribution in [0.25, 0.3) is 11.4 Å². The first-order chi connectivity index (χ1) is 10.5. The number of rotatable bonds is 4. The molecule has 8 heteroatoms. The Bertz CT molecular complexity index is 675. The first kappa shape index (κ1) is 14.7. The van der Waals surface area contributed by atoms with E-state index in [1.807, 2.05) is 0 Å². The van der Waals surface area contributed by atoms with Gasteiger partial charge < -0.3 is 14.0 Å². The maximum Gasteiger partial charge on any atom is 0.262 e. The van der Waals surface area contributed by atoms with E-state index in [2.05, 4.69) is 15.5 Å². The normalized spacial score (nSPS) is 20.1. The van der Waals surface area contributed by atoms with Crippen molar-refractivity contribution >= 4 is 0 Å². The minimum atomic E-state index is -2.75. The van der Waals surface area contributed by atoms with Gasteiger partial charge >= 0.3 is 0 Å². The fourth-order valence-electron chi connectivity index (χ4n) is 2.36. The highest BCUT2D eigenvalue weighted by atomic mass is 19.3. The summed E-state index contributed by atoms with van der Waals surface area (Å²) in [7, 11) is 3.06. The summed E-state index contributed by atoms with van der Waals surface area (Å²) >= 11 is 0. The fourth-order valence-corrected chi connectivity index (χ4v) is 2.36. The van der Waals surface area contributed by atoms with Crippen molar-refractivity contribution in [2.24, 2.45) is 0 Å². The predicted molar refractivity (Wildman–Crippen MR) is 73.1 cm³/mol. The molecule has 1 aromatic carbocycles. The van der Waals surface area contributed by atoms with Gasteiger partial charge in [0, 0.05) is 12.0 Å². The third kappa shape index (κ3) is 2.74. The van der Waals surface area contributed by atoms with Crippen molar-refractivity contribution in [3.8, 4) is 22.9 Å². The molecule has 0 saturated carbocycles. The number of nitrogens with one attached hydrogen (secondary N) is 1. The first-order valence-electron chi connectivity index (χ1n) is 6.69. The molecule has 0 amide bonds. The number of methoxy groups -OCH3 is 2. The summed E-state index contributed by atoms with van der Waals surface area (Å²) in [6.45, 7) is -0.383. The SMILES string of the molecule is COc1ccc(-c2noc(C3CC(F)(F)CN3)n2)cc1OC. The molecule has 1 N–H and O–H groups in total. The summed E-state index contributed by atoms with van der Waals surface area (Å²) in [6, 6.07) is 4.53. The summed E-state index contributed by atoms with van der Waals surface area (Å²) in [5.41, 5.74) is 0.650. The van der Waals surface area contributed by atoms with E-state index in [4.69, 9.17) is 14.0 Å². The second-order valence-electron chi connectivity index (χ2n) is 5.02. The van der Waals surface area contributed by atoms with Crippen LogP contribution in [-0.2, 0) is 0 Å². The molecule has 2 aromatic rings. The molecule has 1 unspecified atom stereocenters. The summed E-state index contributed by atoms with van der Waals surface area (Å²) in [6.07, 6.45) is -0.347. The maximum absolute atomic E-state index is 13.2. The Kier molecular flexibility index (Phi) is 3.69. The van der Waals surface area contributed by atoms with Gasteiger partial charge in [-0.3, -0.25) is 5.32 Å². The number of hydrogen-bond acceptors (Lipinski definition) is 6. The van der Waals surface area contributed by atoms with Crippen molar-refractivity contribution in [2.45, 2.75) is 18.4 Å². The molecule has 0 bridgehead atoms. The standard InChI is InChI=1S/C14H15F2N3O3/c1-20-10-4-3-8(5-11(10)21-2)12-18-13(22-19-12)9-6-14(15,16)7-17-9/h3-5,9,17H,6-7H2,1-2H3. The topological polar surface area (TPSA) is 69.4 Å². The monoisotopic (exact) mass is 311 g/mol. The number of benzene rings is 1. The van der Waals surface area contributed by atoms with Gasteiger partial charge in [0.05, 0.1) is 26.8 Å². The minimum Gasteiger partial charge on any atom is -0.493 e. The van der Waals surface area contributed by atoms with Crippen LogP contribution < -0.4 is 14.8 Å². The van der Waals surface area contributed by atoms with Crippen LogP contribution in [0.4, 0.5) is 8.78 Å². The van der Waals surface area contributed by atoms with Gasteiger partial charge in [-0.05, 0) is 18.2 Å². The van der Waals surface area contributed by atoms with Crippen molar-refractivity contribution < 1.29 is 22.8 Å². The van der Waals surface area contributed by atoms with Gasteiger partial charge in [0.15, 0.2) is 11.5 Å². The Morgan fingerprint density at radius 2 is 2.05 bits per heavy atom. The predicted octanol–water partition coefficient (Wildman–Crippen LogP) is 2.42. The molecule has 1 aromatic heterocycles. The average molecular weight is 311 g/mol. The highest BCUT2D eigenvalue weighted by Crippen LogP contribution is 2.35. The molecule has 2 heterocycles. The maximum atomic E-state index is 13.2. The van der Waals surface area contributed by atoms with E-state index in [0.717, 1.165) is 0 Å². The van der Waals surface area contributed by atoms with Crippen LogP contribution in [-0.4, -0.2) is 36.8 Å². The summed E-state index contributed by atoms with van der Waals surface area (Å²) in [5, 5.41) is 6.52. The zero-order chi connectivity index (χ0) is 15.7. The van der Waals surface area contributed by atoms with E-state index in [1.54, 1.807) is 18.2 Å². The summed E-state index contributed by atoms with van der Waals surface area (Å²) in [5.74, 6) is -1.18. The van der Waals surface area contributed by atoms with Crippen LogP contribution in [0.5, 0.6) is 11.5 Å². The van der Waals surface area contributed by atoms with Crippen molar-refractivity contribution in [3.05, 3.63) is 24.1 Å². The smallest absolute Gasteiger partial charge is 0.262 e. The Balaban J connectivity index is 1.85. The number of hydrogen-bond donors (Lipinski definition) is 1. The zero-order valence-electron chi connectivity index (χ0n) is 12.1. The molecule has 0 radical (unpaired) electrons. The fraction of sp³-hybridized carbons (Fsp3) is 0.429. The average Bonchev–Trinajstić information content (AvgIpc) is 3.13. The molecular formula is C14H15F2N3O3. The number of aromatic nitrogens is 2. The second-order valence-corrected chi connectivity index (χ2v) is 5.02. The molecule has 6 nitrogen and oxygen atoms in total. The third-order valence-corrected chi connectivity index (χ3v) is 3.49. The molecule has 1 aliphatic rings. The van der Waals surface area contributed by atoms with Crippen LogP contribution in [0.2, 0.25) is 0 Å². The summed E-state index contributed by atoms with van der Waals surface area (Å²) < 4.78 is 41.9. The summed E-state index contributed by atoms with van der Waals surface area (Å²) in [4.78, 5) is 4.19. The molecule has 1 atom stereocenters. The molecule has 0 aliphatic carbocycles. The van der Waals surface area contributed by atoms with E-state index in [1.165, 1.54) is 14.2 Å². The molecule has 1 saturated heterocycles. The zero-order valence-corrected chi connectivity index (χ0v) is 12.1. The highest BCUT2D eigenvalue weighted by Gasteiger charge is 2.42. The lowest BCUT2D eigenvalue weighted by molar-refractivity contribution is 0.0200. The lowest BCUT2D eigenvalue weighted by Crippen LogP contribution is -2.19. The molecule has 0 spiro atoms. The molecule has 118 valence electrons. The van der Waals surface area contributed by atoms with Gasteiger partial charge in [-0.15, -0.1) is 0 Å². The van der Waals surface area contributed by atoms with Gasteiger partial charge in [0.25, 0.3) is 5.92 Å². The molecule has 3 rings (SSSR count). The van der Waals surface area contributed by atoms with Crippen LogP contribution in [0.15, 0.2) is 22.7 Å². The third-order valence-electron chi connectivity index (χ3n) is 3.49. The van der Waals surface area contributed by atoms with Crippen molar-refractivity contribution in [2.75, 3.05) is 20.8 Å². The van der Waals surface area contributed by atoms with Gasteiger partial charge in [-0.25, -0.2) is 8.78 Å². The Morgan fingerprint density at radius 3 is 2.68 bits per heavy atom. The molecule has 1 aliphatic heterocycles. The van der Waals surface area contributed by atoms with E-state index >= 15 is 0 Å². The van der Waals surface area contributed by atoms with Crippen molar-refractivity contribution in [1.82, 2.24) is 15.5 Å². The largest absolute Gasteiger partial charge is 0.493 e. The highest BCUT2D eigenvalue weighted by molar-refractivity contribution is 5.60. The van der Waals surface area contributed by atoms with E-state index in [0.29, 0.717) is 22.9 Å². The number of alkyl halides is 2. The van der Waals surface area contributed by atoms with Gasteiger partial charge in [-0.2, -0.15) is 4.98 Å². The van der Waals surface area contributed by atoms with Crippen LogP contribution in [0.1, 0.15) is 18.4 Å². The first-order valence-corrected chi connectivity index (χ1v) is 6.69. The number of halogens is 2. The van der Waals surface area contributed by atoms with Gasteiger partial charge in [0.2, 0.25) is 11.7 Å². The number of nitrogens with zero attached hydrogens (tertiary/aromatic N) is 2. The van der Waals surface area contributed by atoms with Crippen LogP contribution in [0.3, 0.4) is 0 Å². The lowest BCUT2D eigenvalue weighted by atomic mass is 10.2. The number of ether oxygens (including phenoxy) is 2. The van der Waals surface area contributed by atoms with Gasteiger partial charge in [-0.1, -0.05) is 5.16 Å². The van der Waals surface area contributed by atoms with E-state index in [-0.39, 0.29) is 18.9 Å². The van der Waals surface area contributed by atoms with Gasteiger partial charge in [0.1, 0.15) is 0 Å².